The third kappa shape index (κ3) is 2.36. The average molecular weight is 204 g/mol. The molecule has 0 spiro atoms. The Kier molecular flexibility index (Phi) is 3.35. The first-order chi connectivity index (χ1) is 7.42. The molecule has 0 saturated carbocycles. The quantitative estimate of drug-likeness (QED) is 0.699. The highest BCUT2D eigenvalue weighted by Crippen LogP contribution is 2.11. The number of rotatable bonds is 5. The minimum absolute atomic E-state index is 0.839. The molecule has 2 aromatic heterocycles. The summed E-state index contributed by atoms with van der Waals surface area (Å²) in [4.78, 5) is 4.42. The smallest absolute Gasteiger partial charge is 0.0995 e. The third-order valence-corrected chi connectivity index (χ3v) is 2.54. The molecule has 0 radical (unpaired) electrons. The topological polar surface area (TPSA) is 26.5 Å². The van der Waals surface area contributed by atoms with Crippen LogP contribution < -0.4 is 0 Å². The van der Waals surface area contributed by atoms with Crippen LogP contribution in [0.25, 0.3) is 5.52 Å². The molecule has 3 heteroatoms. The van der Waals surface area contributed by atoms with Crippen LogP contribution in [0, 0.1) is 0 Å². The van der Waals surface area contributed by atoms with Crippen molar-refractivity contribution in [2.75, 3.05) is 13.7 Å². The summed E-state index contributed by atoms with van der Waals surface area (Å²) in [5.41, 5.74) is 2.40. The zero-order valence-electron chi connectivity index (χ0n) is 9.02. The number of fused-ring (bicyclic) bond motifs is 1. The van der Waals surface area contributed by atoms with Crippen LogP contribution in [0.1, 0.15) is 18.5 Å². The molecule has 0 unspecified atom stereocenters. The first kappa shape index (κ1) is 10.2. The van der Waals surface area contributed by atoms with Gasteiger partial charge in [0.25, 0.3) is 0 Å². The second-order valence-electron chi connectivity index (χ2n) is 3.63. The molecule has 3 nitrogen and oxygen atoms in total. The molecule has 2 rings (SSSR count). The number of imidazole rings is 1. The molecule has 0 aliphatic carbocycles. The van der Waals surface area contributed by atoms with Gasteiger partial charge in [0.1, 0.15) is 0 Å². The summed E-state index contributed by atoms with van der Waals surface area (Å²) in [6.07, 6.45) is 7.17. The van der Waals surface area contributed by atoms with Crippen LogP contribution in [-0.4, -0.2) is 23.1 Å². The number of unbranched alkanes of at least 4 members (excludes halogenated alkanes) is 1. The maximum Gasteiger partial charge on any atom is 0.0995 e. The zero-order chi connectivity index (χ0) is 10.5. The molecule has 80 valence electrons. The first-order valence-corrected chi connectivity index (χ1v) is 5.31. The van der Waals surface area contributed by atoms with Crippen LogP contribution >= 0.6 is 0 Å². The lowest BCUT2D eigenvalue weighted by atomic mass is 10.2. The zero-order valence-corrected chi connectivity index (χ0v) is 9.02. The summed E-state index contributed by atoms with van der Waals surface area (Å²) in [5, 5.41) is 0. The Morgan fingerprint density at radius 1 is 1.33 bits per heavy atom. The second kappa shape index (κ2) is 4.94. The fourth-order valence-corrected chi connectivity index (χ4v) is 1.73. The molecule has 2 aromatic rings. The number of ether oxygens (including phenoxy) is 1. The van der Waals surface area contributed by atoms with Gasteiger partial charge in [0.15, 0.2) is 0 Å². The van der Waals surface area contributed by atoms with Crippen LogP contribution in [0.5, 0.6) is 0 Å². The molecule has 0 N–H and O–H groups in total. The highest BCUT2D eigenvalue weighted by atomic mass is 16.5. The van der Waals surface area contributed by atoms with Gasteiger partial charge in [-0.1, -0.05) is 6.07 Å². The molecular formula is C12H16N2O. The Hall–Kier alpha value is -1.35. The van der Waals surface area contributed by atoms with Crippen molar-refractivity contribution in [3.05, 3.63) is 36.4 Å². The van der Waals surface area contributed by atoms with Gasteiger partial charge in [-0.05, 0) is 31.4 Å². The standard InChI is InChI=1S/C12H16N2O/c1-15-9-5-3-6-11-12-7-2-4-8-14(12)10-13-11/h2,4,7-8,10H,3,5-6,9H2,1H3. The van der Waals surface area contributed by atoms with Gasteiger partial charge < -0.3 is 9.14 Å². The summed E-state index contributed by atoms with van der Waals surface area (Å²) in [5.74, 6) is 0. The number of hydrogen-bond acceptors (Lipinski definition) is 2. The van der Waals surface area contributed by atoms with Gasteiger partial charge in [-0.2, -0.15) is 0 Å². The van der Waals surface area contributed by atoms with Gasteiger partial charge in [-0.25, -0.2) is 4.98 Å². The number of hydrogen-bond donors (Lipinski definition) is 0. The van der Waals surface area contributed by atoms with Crippen molar-refractivity contribution in [1.82, 2.24) is 9.38 Å². The Labute approximate surface area is 89.7 Å². The highest BCUT2D eigenvalue weighted by Gasteiger charge is 2.02. The van der Waals surface area contributed by atoms with E-state index in [2.05, 4.69) is 21.5 Å². The van der Waals surface area contributed by atoms with Crippen molar-refractivity contribution in [2.24, 2.45) is 0 Å². The largest absolute Gasteiger partial charge is 0.385 e. The molecule has 0 saturated heterocycles. The molecule has 2 heterocycles. The van der Waals surface area contributed by atoms with E-state index < -0.39 is 0 Å². The SMILES string of the molecule is COCCCCc1ncn2ccccc12. The number of aryl methyl sites for hydroxylation is 1. The van der Waals surface area contributed by atoms with E-state index in [0.29, 0.717) is 0 Å². The molecular weight excluding hydrogens is 188 g/mol. The van der Waals surface area contributed by atoms with E-state index in [1.165, 1.54) is 11.2 Å². The van der Waals surface area contributed by atoms with Crippen molar-refractivity contribution in [1.29, 1.82) is 0 Å². The molecule has 15 heavy (non-hydrogen) atoms. The number of methoxy groups -OCH3 is 1. The Bertz CT molecular complexity index is 422. The lowest BCUT2D eigenvalue weighted by Gasteiger charge is -1.99. The average Bonchev–Trinajstić information content (AvgIpc) is 2.68. The maximum absolute atomic E-state index is 5.02. The minimum Gasteiger partial charge on any atom is -0.385 e. The summed E-state index contributed by atoms with van der Waals surface area (Å²) in [7, 11) is 1.74. The van der Waals surface area contributed by atoms with E-state index in [9.17, 15) is 0 Å². The van der Waals surface area contributed by atoms with Crippen LogP contribution in [0.4, 0.5) is 0 Å². The van der Waals surface area contributed by atoms with Crippen LogP contribution in [-0.2, 0) is 11.2 Å². The lowest BCUT2D eigenvalue weighted by molar-refractivity contribution is 0.193. The van der Waals surface area contributed by atoms with Crippen molar-refractivity contribution >= 4 is 5.52 Å². The fraction of sp³-hybridized carbons (Fsp3) is 0.417. The van der Waals surface area contributed by atoms with E-state index in [4.69, 9.17) is 4.74 Å². The molecule has 0 atom stereocenters. The Morgan fingerprint density at radius 2 is 2.27 bits per heavy atom. The lowest BCUT2D eigenvalue weighted by Crippen LogP contribution is -1.92. The first-order valence-electron chi connectivity index (χ1n) is 5.31. The predicted octanol–water partition coefficient (Wildman–Crippen LogP) is 2.30. The summed E-state index contributed by atoms with van der Waals surface area (Å²) in [6.45, 7) is 0.839. The van der Waals surface area contributed by atoms with Crippen LogP contribution in [0.2, 0.25) is 0 Å². The van der Waals surface area contributed by atoms with E-state index in [0.717, 1.165) is 25.9 Å². The van der Waals surface area contributed by atoms with E-state index in [1.807, 2.05) is 18.6 Å². The van der Waals surface area contributed by atoms with Crippen molar-refractivity contribution in [3.63, 3.8) is 0 Å². The van der Waals surface area contributed by atoms with Gasteiger partial charge in [-0.3, -0.25) is 0 Å². The van der Waals surface area contributed by atoms with E-state index in [1.54, 1.807) is 7.11 Å². The molecule has 0 aromatic carbocycles. The van der Waals surface area contributed by atoms with Crippen LogP contribution in [0.3, 0.4) is 0 Å². The van der Waals surface area contributed by atoms with E-state index >= 15 is 0 Å². The maximum atomic E-state index is 5.02. The van der Waals surface area contributed by atoms with Gasteiger partial charge >= 0.3 is 0 Å². The van der Waals surface area contributed by atoms with Crippen molar-refractivity contribution in [3.8, 4) is 0 Å². The molecule has 0 bridgehead atoms. The number of pyridine rings is 1. The number of aromatic nitrogens is 2. The summed E-state index contributed by atoms with van der Waals surface area (Å²) in [6, 6.07) is 6.18. The molecule has 0 aliphatic heterocycles. The monoisotopic (exact) mass is 204 g/mol. The predicted molar refractivity (Wildman–Crippen MR) is 60.0 cm³/mol. The second-order valence-corrected chi connectivity index (χ2v) is 3.63. The van der Waals surface area contributed by atoms with Gasteiger partial charge in [-0.15, -0.1) is 0 Å². The van der Waals surface area contributed by atoms with E-state index in [-0.39, 0.29) is 0 Å². The van der Waals surface area contributed by atoms with Crippen LogP contribution in [0.15, 0.2) is 30.7 Å². The van der Waals surface area contributed by atoms with Gasteiger partial charge in [0.2, 0.25) is 0 Å². The summed E-state index contributed by atoms with van der Waals surface area (Å²) >= 11 is 0. The number of nitrogens with zero attached hydrogens (tertiary/aromatic N) is 2. The molecule has 0 fully saturated rings. The molecule has 0 amide bonds. The van der Waals surface area contributed by atoms with Gasteiger partial charge in [0, 0.05) is 19.9 Å². The fourth-order valence-electron chi connectivity index (χ4n) is 1.73. The Morgan fingerprint density at radius 3 is 3.13 bits per heavy atom. The normalized spacial score (nSPS) is 11.0. The summed E-state index contributed by atoms with van der Waals surface area (Å²) < 4.78 is 7.08. The minimum atomic E-state index is 0.839. The molecule has 0 aliphatic rings. The van der Waals surface area contributed by atoms with Crippen molar-refractivity contribution < 1.29 is 4.74 Å². The van der Waals surface area contributed by atoms with Crippen molar-refractivity contribution in [2.45, 2.75) is 19.3 Å². The Balaban J connectivity index is 2.02. The third-order valence-electron chi connectivity index (χ3n) is 2.54. The highest BCUT2D eigenvalue weighted by molar-refractivity contribution is 5.51. The van der Waals surface area contributed by atoms with Gasteiger partial charge in [0.05, 0.1) is 17.5 Å².